The van der Waals surface area contributed by atoms with E-state index in [1.165, 1.54) is 0 Å². The van der Waals surface area contributed by atoms with Crippen LogP contribution in [0.3, 0.4) is 0 Å². The molecule has 96 valence electrons. The molecule has 6 heteroatoms. The molecule has 18 heavy (non-hydrogen) atoms. The summed E-state index contributed by atoms with van der Waals surface area (Å²) in [6.07, 6.45) is 1.91. The topological polar surface area (TPSA) is 34.0 Å². The number of nitrogens with zero attached hydrogens (tertiary/aromatic N) is 1. The van der Waals surface area contributed by atoms with E-state index >= 15 is 0 Å². The lowest BCUT2D eigenvalue weighted by Gasteiger charge is -2.07. The Morgan fingerprint density at radius 3 is 2.89 bits per heavy atom. The van der Waals surface area contributed by atoms with Crippen LogP contribution in [0.25, 0.3) is 0 Å². The summed E-state index contributed by atoms with van der Waals surface area (Å²) in [6, 6.07) is 3.82. The molecule has 2 aromatic rings. The number of aromatic nitrogens is 1. The number of hydrogen-bond donors (Lipinski definition) is 1. The van der Waals surface area contributed by atoms with E-state index in [0.29, 0.717) is 12.2 Å². The summed E-state index contributed by atoms with van der Waals surface area (Å²) in [5.41, 5.74) is 0.678. The standard InChI is InChI=1S/C12H12Br2N2OS/c1-2-16-7-8(13)5-10(16)12(17)15-6-11-9(14)3-4-18-11/h3-5,7H,2,6H2,1H3,(H,15,17). The van der Waals surface area contributed by atoms with E-state index in [-0.39, 0.29) is 5.91 Å². The molecule has 0 saturated carbocycles. The van der Waals surface area contributed by atoms with Crippen molar-refractivity contribution in [1.82, 2.24) is 9.88 Å². The first kappa shape index (κ1) is 13.8. The molecule has 2 rings (SSSR count). The number of carbonyl (C=O) groups is 1. The fourth-order valence-corrected chi connectivity index (χ4v) is 3.53. The van der Waals surface area contributed by atoms with Gasteiger partial charge in [0.25, 0.3) is 5.91 Å². The number of carbonyl (C=O) groups excluding carboxylic acids is 1. The van der Waals surface area contributed by atoms with Crippen LogP contribution < -0.4 is 5.32 Å². The molecule has 0 spiro atoms. The highest BCUT2D eigenvalue weighted by molar-refractivity contribution is 9.10. The average molecular weight is 392 g/mol. The van der Waals surface area contributed by atoms with Crippen molar-refractivity contribution >= 4 is 49.1 Å². The third-order valence-electron chi connectivity index (χ3n) is 2.54. The van der Waals surface area contributed by atoms with Crippen LogP contribution in [0.4, 0.5) is 0 Å². The van der Waals surface area contributed by atoms with Crippen molar-refractivity contribution < 1.29 is 4.79 Å². The maximum Gasteiger partial charge on any atom is 0.268 e. The Balaban J connectivity index is 2.06. The second-order valence-corrected chi connectivity index (χ2v) is 6.47. The van der Waals surface area contributed by atoms with Gasteiger partial charge in [-0.1, -0.05) is 0 Å². The number of thiophene rings is 1. The summed E-state index contributed by atoms with van der Waals surface area (Å²) in [5, 5.41) is 4.93. The highest BCUT2D eigenvalue weighted by atomic mass is 79.9. The zero-order valence-corrected chi connectivity index (χ0v) is 13.7. The molecule has 0 aliphatic heterocycles. The minimum absolute atomic E-state index is 0.0529. The molecule has 1 amide bonds. The van der Waals surface area contributed by atoms with Crippen LogP contribution in [0.15, 0.2) is 32.7 Å². The number of nitrogens with one attached hydrogen (secondary N) is 1. The minimum Gasteiger partial charge on any atom is -0.346 e. The molecular formula is C12H12Br2N2OS. The maximum absolute atomic E-state index is 12.1. The van der Waals surface area contributed by atoms with E-state index in [1.54, 1.807) is 11.3 Å². The number of halogens is 2. The lowest BCUT2D eigenvalue weighted by molar-refractivity contribution is 0.0942. The fraction of sp³-hybridized carbons (Fsp3) is 0.250. The maximum atomic E-state index is 12.1. The van der Waals surface area contributed by atoms with Crippen molar-refractivity contribution in [3.8, 4) is 0 Å². The number of amides is 1. The molecule has 0 saturated heterocycles. The van der Waals surface area contributed by atoms with Crippen LogP contribution in [0.1, 0.15) is 22.3 Å². The largest absolute Gasteiger partial charge is 0.346 e. The summed E-state index contributed by atoms with van der Waals surface area (Å²) in [5.74, 6) is -0.0529. The van der Waals surface area contributed by atoms with Crippen LogP contribution in [0.2, 0.25) is 0 Å². The molecule has 0 atom stereocenters. The Morgan fingerprint density at radius 2 is 2.28 bits per heavy atom. The normalized spacial score (nSPS) is 10.6. The predicted octanol–water partition coefficient (Wildman–Crippen LogP) is 4.02. The van der Waals surface area contributed by atoms with E-state index in [1.807, 2.05) is 35.2 Å². The molecule has 0 aromatic carbocycles. The number of aryl methyl sites for hydroxylation is 1. The van der Waals surface area contributed by atoms with Crippen molar-refractivity contribution in [2.75, 3.05) is 0 Å². The van der Waals surface area contributed by atoms with Crippen molar-refractivity contribution in [3.63, 3.8) is 0 Å². The van der Waals surface area contributed by atoms with Gasteiger partial charge in [-0.15, -0.1) is 11.3 Å². The summed E-state index contributed by atoms with van der Waals surface area (Å²) < 4.78 is 3.88. The van der Waals surface area contributed by atoms with Gasteiger partial charge in [-0.25, -0.2) is 0 Å². The Bertz CT molecular complexity index is 562. The third kappa shape index (κ3) is 3.05. The molecule has 2 heterocycles. The summed E-state index contributed by atoms with van der Waals surface area (Å²) in [6.45, 7) is 3.33. The van der Waals surface area contributed by atoms with Gasteiger partial charge in [0.15, 0.2) is 0 Å². The first-order chi connectivity index (χ1) is 8.61. The van der Waals surface area contributed by atoms with Gasteiger partial charge in [0.05, 0.1) is 6.54 Å². The smallest absolute Gasteiger partial charge is 0.268 e. The molecule has 0 bridgehead atoms. The van der Waals surface area contributed by atoms with Gasteiger partial charge in [-0.2, -0.15) is 0 Å². The summed E-state index contributed by atoms with van der Waals surface area (Å²) in [7, 11) is 0. The van der Waals surface area contributed by atoms with Crippen LogP contribution in [-0.4, -0.2) is 10.5 Å². The van der Waals surface area contributed by atoms with Crippen molar-refractivity contribution in [1.29, 1.82) is 0 Å². The monoisotopic (exact) mass is 390 g/mol. The molecule has 3 nitrogen and oxygen atoms in total. The fourth-order valence-electron chi connectivity index (χ4n) is 1.63. The molecule has 0 aliphatic carbocycles. The SMILES string of the molecule is CCn1cc(Br)cc1C(=O)NCc1sccc1Br. The van der Waals surface area contributed by atoms with E-state index in [0.717, 1.165) is 20.4 Å². The second kappa shape index (κ2) is 6.04. The molecule has 0 unspecified atom stereocenters. The molecule has 0 aliphatic rings. The third-order valence-corrected chi connectivity index (χ3v) is 4.90. The van der Waals surface area contributed by atoms with E-state index in [2.05, 4.69) is 37.2 Å². The summed E-state index contributed by atoms with van der Waals surface area (Å²) in [4.78, 5) is 13.2. The van der Waals surface area contributed by atoms with Gasteiger partial charge in [0.2, 0.25) is 0 Å². The van der Waals surface area contributed by atoms with Crippen LogP contribution in [0, 0.1) is 0 Å². The Labute approximate surface area is 126 Å². The van der Waals surface area contributed by atoms with E-state index < -0.39 is 0 Å². The summed E-state index contributed by atoms with van der Waals surface area (Å²) >= 11 is 8.46. The van der Waals surface area contributed by atoms with Gasteiger partial charge in [-0.05, 0) is 56.3 Å². The van der Waals surface area contributed by atoms with Gasteiger partial charge >= 0.3 is 0 Å². The van der Waals surface area contributed by atoms with Crippen LogP contribution in [0.5, 0.6) is 0 Å². The molecule has 0 fully saturated rings. The zero-order chi connectivity index (χ0) is 13.1. The highest BCUT2D eigenvalue weighted by Gasteiger charge is 2.12. The van der Waals surface area contributed by atoms with Gasteiger partial charge in [-0.3, -0.25) is 4.79 Å². The zero-order valence-electron chi connectivity index (χ0n) is 9.74. The van der Waals surface area contributed by atoms with Crippen molar-refractivity contribution in [2.24, 2.45) is 0 Å². The Hall–Kier alpha value is -0.590. The van der Waals surface area contributed by atoms with E-state index in [4.69, 9.17) is 0 Å². The molecule has 2 aromatic heterocycles. The lowest BCUT2D eigenvalue weighted by Crippen LogP contribution is -2.24. The average Bonchev–Trinajstić information content (AvgIpc) is 2.92. The minimum atomic E-state index is -0.0529. The van der Waals surface area contributed by atoms with E-state index in [9.17, 15) is 4.79 Å². The lowest BCUT2D eigenvalue weighted by atomic mass is 10.3. The second-order valence-electron chi connectivity index (χ2n) is 3.70. The van der Waals surface area contributed by atoms with Crippen LogP contribution >= 0.6 is 43.2 Å². The first-order valence-electron chi connectivity index (χ1n) is 5.47. The van der Waals surface area contributed by atoms with Crippen LogP contribution in [-0.2, 0) is 13.1 Å². The number of hydrogen-bond acceptors (Lipinski definition) is 2. The molecular weight excluding hydrogens is 380 g/mol. The van der Waals surface area contributed by atoms with Crippen molar-refractivity contribution in [3.05, 3.63) is 43.2 Å². The van der Waals surface area contributed by atoms with Crippen molar-refractivity contribution in [2.45, 2.75) is 20.0 Å². The molecule has 1 N–H and O–H groups in total. The quantitative estimate of drug-likeness (QED) is 0.838. The van der Waals surface area contributed by atoms with Gasteiger partial charge < -0.3 is 9.88 Å². The van der Waals surface area contributed by atoms with Gasteiger partial charge in [0, 0.05) is 26.6 Å². The van der Waals surface area contributed by atoms with Gasteiger partial charge in [0.1, 0.15) is 5.69 Å². The number of rotatable bonds is 4. The first-order valence-corrected chi connectivity index (χ1v) is 7.94. The Kier molecular flexibility index (Phi) is 4.64. The highest BCUT2D eigenvalue weighted by Crippen LogP contribution is 2.22. The predicted molar refractivity (Wildman–Crippen MR) is 81.0 cm³/mol. The molecule has 0 radical (unpaired) electrons. The Morgan fingerprint density at radius 1 is 1.50 bits per heavy atom.